The molecule has 21 heavy (non-hydrogen) atoms. The molecule has 0 saturated carbocycles. The second kappa shape index (κ2) is 6.69. The third-order valence-corrected chi connectivity index (χ3v) is 4.84. The molecule has 2 heterocycles. The van der Waals surface area contributed by atoms with Gasteiger partial charge in [-0.25, -0.2) is 0 Å². The number of nitrogens with zero attached hydrogens (tertiary/aromatic N) is 1. The molecule has 4 heteroatoms. The van der Waals surface area contributed by atoms with E-state index in [1.54, 1.807) is 11.9 Å². The van der Waals surface area contributed by atoms with Crippen LogP contribution in [0.25, 0.3) is 16.5 Å². The largest absolute Gasteiger partial charge is 0.361 e. The topological polar surface area (TPSA) is 31.1 Å². The molecule has 3 rings (SSSR count). The molecule has 0 fully saturated rings. The van der Waals surface area contributed by atoms with Crippen LogP contribution in [0.2, 0.25) is 0 Å². The maximum absolute atomic E-state index is 3.42. The van der Waals surface area contributed by atoms with Gasteiger partial charge in [0.15, 0.2) is 0 Å². The average Bonchev–Trinajstić information content (AvgIpc) is 2.92. The molecule has 0 amide bonds. The van der Waals surface area contributed by atoms with Gasteiger partial charge in [0.2, 0.25) is 0 Å². The molecule has 112 valence electrons. The summed E-state index contributed by atoms with van der Waals surface area (Å²) in [6.45, 7) is 2.21. The third kappa shape index (κ3) is 3.34. The lowest BCUT2D eigenvalue weighted by atomic mass is 9.98. The molecule has 1 aliphatic rings. The summed E-state index contributed by atoms with van der Waals surface area (Å²) >= 11 is 1.77. The summed E-state index contributed by atoms with van der Waals surface area (Å²) in [4.78, 5) is 5.78. The second-order valence-electron chi connectivity index (χ2n) is 5.63. The number of likely N-dealkylation sites (N-methyl/N-ethyl adjacent to an activating group) is 1. The molecule has 2 aromatic rings. The van der Waals surface area contributed by atoms with Crippen LogP contribution in [0, 0.1) is 0 Å². The molecule has 1 aromatic heterocycles. The van der Waals surface area contributed by atoms with Gasteiger partial charge in [-0.2, -0.15) is 0 Å². The highest BCUT2D eigenvalue weighted by molar-refractivity contribution is 7.97. The van der Waals surface area contributed by atoms with Gasteiger partial charge < -0.3 is 9.88 Å². The maximum atomic E-state index is 3.42. The Morgan fingerprint density at radius 2 is 2.29 bits per heavy atom. The Morgan fingerprint density at radius 1 is 1.38 bits per heavy atom. The molecule has 3 nitrogen and oxygen atoms in total. The maximum Gasteiger partial charge on any atom is 0.0460 e. The fourth-order valence-electron chi connectivity index (χ4n) is 2.88. The van der Waals surface area contributed by atoms with Crippen molar-refractivity contribution >= 4 is 28.4 Å². The van der Waals surface area contributed by atoms with E-state index in [0.29, 0.717) is 0 Å². The van der Waals surface area contributed by atoms with Crippen molar-refractivity contribution < 1.29 is 0 Å². The molecular weight excluding hydrogens is 278 g/mol. The van der Waals surface area contributed by atoms with E-state index in [9.17, 15) is 0 Å². The molecule has 1 aromatic carbocycles. The fourth-order valence-corrected chi connectivity index (χ4v) is 3.42. The van der Waals surface area contributed by atoms with Crippen molar-refractivity contribution in [3.8, 4) is 0 Å². The summed E-state index contributed by atoms with van der Waals surface area (Å²) < 4.78 is 3.13. The molecule has 0 spiro atoms. The first-order valence-corrected chi connectivity index (χ1v) is 8.53. The van der Waals surface area contributed by atoms with Gasteiger partial charge in [-0.05, 0) is 50.2 Å². The van der Waals surface area contributed by atoms with Gasteiger partial charge >= 0.3 is 0 Å². The first-order valence-electron chi connectivity index (χ1n) is 7.54. The van der Waals surface area contributed by atoms with Crippen LogP contribution < -0.4 is 4.72 Å². The Morgan fingerprint density at radius 3 is 3.05 bits per heavy atom. The van der Waals surface area contributed by atoms with Crippen molar-refractivity contribution in [2.24, 2.45) is 0 Å². The van der Waals surface area contributed by atoms with Gasteiger partial charge in [0.1, 0.15) is 0 Å². The van der Waals surface area contributed by atoms with Crippen molar-refractivity contribution in [3.63, 3.8) is 0 Å². The summed E-state index contributed by atoms with van der Waals surface area (Å²) in [7, 11) is 4.16. The number of fused-ring (bicyclic) bond motifs is 1. The van der Waals surface area contributed by atoms with Crippen molar-refractivity contribution in [1.82, 2.24) is 14.6 Å². The van der Waals surface area contributed by atoms with E-state index in [1.807, 2.05) is 7.05 Å². The zero-order chi connectivity index (χ0) is 14.7. The van der Waals surface area contributed by atoms with Gasteiger partial charge in [-0.3, -0.25) is 4.72 Å². The first-order chi connectivity index (χ1) is 10.3. The van der Waals surface area contributed by atoms with E-state index in [0.717, 1.165) is 31.7 Å². The summed E-state index contributed by atoms with van der Waals surface area (Å²) in [5.41, 5.74) is 5.54. The van der Waals surface area contributed by atoms with Crippen LogP contribution in [0.5, 0.6) is 0 Å². The Kier molecular flexibility index (Phi) is 4.68. The zero-order valence-corrected chi connectivity index (χ0v) is 13.6. The van der Waals surface area contributed by atoms with E-state index in [-0.39, 0.29) is 0 Å². The molecule has 2 N–H and O–H groups in total. The minimum absolute atomic E-state index is 1.06. The van der Waals surface area contributed by atoms with E-state index in [4.69, 9.17) is 0 Å². The average molecular weight is 301 g/mol. The van der Waals surface area contributed by atoms with Crippen LogP contribution >= 0.6 is 11.9 Å². The van der Waals surface area contributed by atoms with E-state index < -0.39 is 0 Å². The first kappa shape index (κ1) is 14.7. The molecule has 0 radical (unpaired) electrons. The van der Waals surface area contributed by atoms with Crippen LogP contribution in [0.4, 0.5) is 0 Å². The normalized spacial score (nSPS) is 16.4. The summed E-state index contributed by atoms with van der Waals surface area (Å²) in [5.74, 6) is 1.11. The monoisotopic (exact) mass is 301 g/mol. The van der Waals surface area contributed by atoms with Gasteiger partial charge in [0, 0.05) is 41.5 Å². The number of aryl methyl sites for hydroxylation is 1. The molecule has 0 unspecified atom stereocenters. The Hall–Kier alpha value is -1.23. The number of nitrogens with one attached hydrogen (secondary N) is 2. The second-order valence-corrected chi connectivity index (χ2v) is 6.73. The van der Waals surface area contributed by atoms with Crippen LogP contribution in [0.3, 0.4) is 0 Å². The van der Waals surface area contributed by atoms with Crippen molar-refractivity contribution in [3.05, 3.63) is 41.6 Å². The van der Waals surface area contributed by atoms with E-state index in [2.05, 4.69) is 52.1 Å². The number of aromatic amines is 1. The summed E-state index contributed by atoms with van der Waals surface area (Å²) in [6.07, 6.45) is 6.79. The number of aromatic nitrogens is 1. The predicted octanol–water partition coefficient (Wildman–Crippen LogP) is 3.30. The van der Waals surface area contributed by atoms with Crippen molar-refractivity contribution in [2.45, 2.75) is 12.8 Å². The van der Waals surface area contributed by atoms with Crippen LogP contribution in [0.1, 0.15) is 17.5 Å². The quantitative estimate of drug-likeness (QED) is 0.656. The lowest BCUT2D eigenvalue weighted by Gasteiger charge is -2.21. The fraction of sp³-hybridized carbons (Fsp3) is 0.412. The molecule has 0 aliphatic carbocycles. The predicted molar refractivity (Wildman–Crippen MR) is 93.6 cm³/mol. The minimum atomic E-state index is 1.06. The van der Waals surface area contributed by atoms with Gasteiger partial charge in [0.05, 0.1) is 0 Å². The Balaban J connectivity index is 1.87. The molecule has 1 aliphatic heterocycles. The lowest BCUT2D eigenvalue weighted by molar-refractivity contribution is 0.370. The standard InChI is InChI=1S/C17H23N3S/c1-18-21-10-7-13-3-4-17-15(11-13)16(12-19-17)14-5-8-20(2)9-6-14/h3-5,11-12,18-19H,6-10H2,1-2H3. The number of hydrogen-bond acceptors (Lipinski definition) is 3. The van der Waals surface area contributed by atoms with Crippen LogP contribution in [0.15, 0.2) is 30.5 Å². The lowest BCUT2D eigenvalue weighted by Crippen LogP contribution is -2.23. The summed E-state index contributed by atoms with van der Waals surface area (Å²) in [5, 5.41) is 1.37. The Labute approximate surface area is 130 Å². The van der Waals surface area contributed by atoms with E-state index >= 15 is 0 Å². The number of rotatable bonds is 5. The zero-order valence-electron chi connectivity index (χ0n) is 12.8. The summed E-state index contributed by atoms with van der Waals surface area (Å²) in [6, 6.07) is 6.81. The third-order valence-electron chi connectivity index (χ3n) is 4.14. The van der Waals surface area contributed by atoms with Crippen molar-refractivity contribution in [1.29, 1.82) is 0 Å². The Bertz CT molecular complexity index is 645. The van der Waals surface area contributed by atoms with Gasteiger partial charge in [-0.15, -0.1) is 0 Å². The van der Waals surface area contributed by atoms with Crippen LogP contribution in [-0.4, -0.2) is 42.8 Å². The number of benzene rings is 1. The minimum Gasteiger partial charge on any atom is -0.361 e. The number of hydrogen-bond donors (Lipinski definition) is 2. The highest BCUT2D eigenvalue weighted by atomic mass is 32.2. The molecule has 0 saturated heterocycles. The van der Waals surface area contributed by atoms with E-state index in [1.165, 1.54) is 27.6 Å². The smallest absolute Gasteiger partial charge is 0.0460 e. The van der Waals surface area contributed by atoms with Crippen LogP contribution in [-0.2, 0) is 6.42 Å². The van der Waals surface area contributed by atoms with Gasteiger partial charge in [0.25, 0.3) is 0 Å². The molecule has 0 bridgehead atoms. The SMILES string of the molecule is CNSCCc1ccc2[nH]cc(C3=CCN(C)CC3)c2c1. The molecular formula is C17H23N3S. The highest BCUT2D eigenvalue weighted by Crippen LogP contribution is 2.29. The highest BCUT2D eigenvalue weighted by Gasteiger charge is 2.13. The molecule has 0 atom stereocenters. The van der Waals surface area contributed by atoms with Crippen molar-refractivity contribution in [2.75, 3.05) is 32.9 Å². The van der Waals surface area contributed by atoms with Gasteiger partial charge in [-0.1, -0.05) is 24.1 Å². The number of H-pyrrole nitrogens is 1.